The van der Waals surface area contributed by atoms with Crippen molar-refractivity contribution in [2.24, 2.45) is 0 Å². The van der Waals surface area contributed by atoms with E-state index in [-0.39, 0.29) is 30.5 Å². The van der Waals surface area contributed by atoms with Gasteiger partial charge in [0.2, 0.25) is 11.8 Å². The van der Waals surface area contributed by atoms with Gasteiger partial charge in [0.1, 0.15) is 5.76 Å². The second kappa shape index (κ2) is 14.3. The third kappa shape index (κ3) is 9.46. The molecule has 0 N–H and O–H groups in total. The number of ether oxygens (including phenoxy) is 1. The van der Waals surface area contributed by atoms with Crippen LogP contribution in [0.25, 0.3) is 0 Å². The van der Waals surface area contributed by atoms with E-state index in [1.807, 2.05) is 26.0 Å². The van der Waals surface area contributed by atoms with E-state index < -0.39 is 0 Å². The minimum Gasteiger partial charge on any atom is -0.467 e. The molecule has 2 rings (SSSR count). The Morgan fingerprint density at radius 1 is 1.10 bits per heavy atom. The van der Waals surface area contributed by atoms with Crippen LogP contribution in [0.1, 0.15) is 90.7 Å². The van der Waals surface area contributed by atoms with Crippen LogP contribution in [0.4, 0.5) is 0 Å². The molecule has 0 aliphatic carbocycles. The van der Waals surface area contributed by atoms with Gasteiger partial charge in [-0.3, -0.25) is 9.59 Å². The normalized spacial score (nSPS) is 16.1. The molecule has 0 bridgehead atoms. The molecule has 176 valence electrons. The van der Waals surface area contributed by atoms with E-state index >= 15 is 0 Å². The van der Waals surface area contributed by atoms with Gasteiger partial charge >= 0.3 is 0 Å². The molecule has 0 spiro atoms. The summed E-state index contributed by atoms with van der Waals surface area (Å²) in [5.74, 6) is 0.775. The van der Waals surface area contributed by atoms with Gasteiger partial charge in [0.05, 0.1) is 25.5 Å². The van der Waals surface area contributed by atoms with Crippen molar-refractivity contribution in [3.05, 3.63) is 24.2 Å². The van der Waals surface area contributed by atoms with Crippen LogP contribution in [0.15, 0.2) is 22.8 Å². The Labute approximate surface area is 188 Å². The van der Waals surface area contributed by atoms with Crippen LogP contribution >= 0.6 is 0 Å². The number of furan rings is 1. The molecule has 1 aliphatic heterocycles. The molecule has 2 heterocycles. The van der Waals surface area contributed by atoms with E-state index in [1.54, 1.807) is 16.1 Å². The first kappa shape index (κ1) is 25.4. The summed E-state index contributed by atoms with van der Waals surface area (Å²) in [4.78, 5) is 29.5. The first-order valence-electron chi connectivity index (χ1n) is 12.2. The highest BCUT2D eigenvalue weighted by molar-refractivity contribution is 5.85. The number of carbonyl (C=O) groups excluding carboxylic acids is 2. The molecule has 31 heavy (non-hydrogen) atoms. The Hall–Kier alpha value is -1.82. The fraction of sp³-hybridized carbons (Fsp3) is 0.760. The minimum absolute atomic E-state index is 0.00537. The standard InChI is InChI=1S/C25H42N2O4/c1-4-5-6-7-8-9-10-15-24(28)27(21(2)3)20-25(29)26(18-22-13-11-16-30-22)19-23-14-12-17-31-23/h11,13,16,21,23H,4-10,12,14-15,17-20H2,1-3H3. The molecule has 6 heteroatoms. The average Bonchev–Trinajstić information content (AvgIpc) is 3.44. The van der Waals surface area contributed by atoms with Crippen LogP contribution in [0.2, 0.25) is 0 Å². The molecule has 1 fully saturated rings. The zero-order chi connectivity index (χ0) is 22.5. The number of amides is 2. The third-order valence-corrected chi connectivity index (χ3v) is 5.97. The predicted octanol–water partition coefficient (Wildman–Crippen LogP) is 5.16. The lowest BCUT2D eigenvalue weighted by molar-refractivity contribution is -0.143. The summed E-state index contributed by atoms with van der Waals surface area (Å²) in [5.41, 5.74) is 0. The van der Waals surface area contributed by atoms with E-state index in [0.717, 1.165) is 38.1 Å². The first-order valence-corrected chi connectivity index (χ1v) is 12.2. The lowest BCUT2D eigenvalue weighted by Gasteiger charge is -2.31. The van der Waals surface area contributed by atoms with Crippen LogP contribution < -0.4 is 0 Å². The van der Waals surface area contributed by atoms with Crippen LogP contribution in [-0.4, -0.2) is 53.5 Å². The minimum atomic E-state index is -0.0477. The summed E-state index contributed by atoms with van der Waals surface area (Å²) in [5, 5.41) is 0. The molecule has 1 saturated heterocycles. The number of unbranched alkanes of at least 4 members (excludes halogenated alkanes) is 6. The quantitative estimate of drug-likeness (QED) is 0.358. The smallest absolute Gasteiger partial charge is 0.242 e. The Morgan fingerprint density at radius 3 is 2.45 bits per heavy atom. The molecule has 0 aromatic carbocycles. The molecule has 0 saturated carbocycles. The van der Waals surface area contributed by atoms with Gasteiger partial charge in [-0.2, -0.15) is 0 Å². The first-order chi connectivity index (χ1) is 15.0. The van der Waals surface area contributed by atoms with E-state index in [4.69, 9.17) is 9.15 Å². The van der Waals surface area contributed by atoms with Gasteiger partial charge in [0.15, 0.2) is 0 Å². The Bertz CT molecular complexity index is 623. The lowest BCUT2D eigenvalue weighted by atomic mass is 10.1. The van der Waals surface area contributed by atoms with Crippen LogP contribution in [-0.2, 0) is 20.9 Å². The molecule has 1 unspecified atom stereocenters. The highest BCUT2D eigenvalue weighted by Crippen LogP contribution is 2.17. The molecule has 6 nitrogen and oxygen atoms in total. The zero-order valence-corrected chi connectivity index (χ0v) is 19.8. The Morgan fingerprint density at radius 2 is 1.84 bits per heavy atom. The maximum Gasteiger partial charge on any atom is 0.242 e. The van der Waals surface area contributed by atoms with Crippen molar-refractivity contribution in [3.63, 3.8) is 0 Å². The maximum atomic E-state index is 13.2. The molecule has 0 radical (unpaired) electrons. The van der Waals surface area contributed by atoms with E-state index in [1.165, 1.54) is 32.1 Å². The summed E-state index contributed by atoms with van der Waals surface area (Å²) in [6.45, 7) is 7.99. The second-order valence-corrected chi connectivity index (χ2v) is 8.98. The van der Waals surface area contributed by atoms with Gasteiger partial charge < -0.3 is 19.0 Å². The van der Waals surface area contributed by atoms with Crippen LogP contribution in [0, 0.1) is 0 Å². The molecule has 2 amide bonds. The summed E-state index contributed by atoms with van der Waals surface area (Å²) in [7, 11) is 0. The summed E-state index contributed by atoms with van der Waals surface area (Å²) in [6, 6.07) is 3.70. The monoisotopic (exact) mass is 434 g/mol. The topological polar surface area (TPSA) is 63.0 Å². The van der Waals surface area contributed by atoms with Gasteiger partial charge in [0.25, 0.3) is 0 Å². The van der Waals surface area contributed by atoms with Crippen molar-refractivity contribution in [3.8, 4) is 0 Å². The number of nitrogens with zero attached hydrogens (tertiary/aromatic N) is 2. The van der Waals surface area contributed by atoms with Crippen molar-refractivity contribution in [2.75, 3.05) is 19.7 Å². The molecular formula is C25H42N2O4. The molecule has 1 atom stereocenters. The van der Waals surface area contributed by atoms with Gasteiger partial charge in [-0.25, -0.2) is 0 Å². The highest BCUT2D eigenvalue weighted by atomic mass is 16.5. The number of hydrogen-bond donors (Lipinski definition) is 0. The van der Waals surface area contributed by atoms with Gasteiger partial charge in [-0.05, 0) is 45.2 Å². The molecular weight excluding hydrogens is 392 g/mol. The Kier molecular flexibility index (Phi) is 11.7. The maximum absolute atomic E-state index is 13.2. The largest absolute Gasteiger partial charge is 0.467 e. The number of rotatable bonds is 15. The average molecular weight is 435 g/mol. The molecule has 1 aromatic heterocycles. The SMILES string of the molecule is CCCCCCCCCC(=O)N(CC(=O)N(Cc1ccco1)CC1CCCO1)C(C)C. The molecule has 1 aromatic rings. The molecule has 1 aliphatic rings. The number of hydrogen-bond acceptors (Lipinski definition) is 4. The lowest BCUT2D eigenvalue weighted by Crippen LogP contribution is -2.47. The predicted molar refractivity (Wildman–Crippen MR) is 123 cm³/mol. The summed E-state index contributed by atoms with van der Waals surface area (Å²) in [6.07, 6.45) is 12.4. The Balaban J connectivity index is 1.86. The van der Waals surface area contributed by atoms with E-state index in [0.29, 0.717) is 19.5 Å². The third-order valence-electron chi connectivity index (χ3n) is 5.97. The van der Waals surface area contributed by atoms with Crippen molar-refractivity contribution in [2.45, 2.75) is 104 Å². The number of carbonyl (C=O) groups is 2. The van der Waals surface area contributed by atoms with Gasteiger partial charge in [-0.15, -0.1) is 0 Å². The van der Waals surface area contributed by atoms with Crippen LogP contribution in [0.5, 0.6) is 0 Å². The fourth-order valence-corrected chi connectivity index (χ4v) is 4.06. The van der Waals surface area contributed by atoms with Crippen molar-refractivity contribution >= 4 is 11.8 Å². The zero-order valence-electron chi connectivity index (χ0n) is 19.8. The van der Waals surface area contributed by atoms with E-state index in [9.17, 15) is 9.59 Å². The van der Waals surface area contributed by atoms with Crippen molar-refractivity contribution in [1.82, 2.24) is 9.80 Å². The summed E-state index contributed by atoms with van der Waals surface area (Å²) < 4.78 is 11.2. The highest BCUT2D eigenvalue weighted by Gasteiger charge is 2.27. The van der Waals surface area contributed by atoms with Crippen LogP contribution in [0.3, 0.4) is 0 Å². The van der Waals surface area contributed by atoms with E-state index in [2.05, 4.69) is 6.92 Å². The van der Waals surface area contributed by atoms with Gasteiger partial charge in [0, 0.05) is 25.6 Å². The van der Waals surface area contributed by atoms with Crippen molar-refractivity contribution < 1.29 is 18.7 Å². The van der Waals surface area contributed by atoms with Crippen molar-refractivity contribution in [1.29, 1.82) is 0 Å². The summed E-state index contributed by atoms with van der Waals surface area (Å²) >= 11 is 0. The fourth-order valence-electron chi connectivity index (χ4n) is 4.06. The van der Waals surface area contributed by atoms with Gasteiger partial charge in [-0.1, -0.05) is 45.4 Å². The second-order valence-electron chi connectivity index (χ2n) is 8.98.